The second-order valence-corrected chi connectivity index (χ2v) is 5.68. The van der Waals surface area contributed by atoms with Crippen molar-refractivity contribution in [2.75, 3.05) is 12.5 Å². The molecule has 0 aliphatic carbocycles. The molecule has 5 nitrogen and oxygen atoms in total. The fraction of sp³-hybridized carbons (Fsp3) is 0.500. The van der Waals surface area contributed by atoms with Crippen molar-refractivity contribution < 1.29 is 12.6 Å². The highest BCUT2D eigenvalue weighted by molar-refractivity contribution is 7.89. The van der Waals surface area contributed by atoms with Gasteiger partial charge in [0, 0.05) is 5.88 Å². The molecule has 1 heterocycles. The van der Waals surface area contributed by atoms with E-state index in [1.165, 1.54) is 0 Å². The SMILES string of the molecule is O=S(=O)(OCCCl)c1n[nH]c(=S)s1. The molecule has 1 aromatic heterocycles. The van der Waals surface area contributed by atoms with E-state index >= 15 is 0 Å². The Balaban J connectivity index is 2.88. The number of H-pyrrole nitrogens is 1. The average molecular weight is 261 g/mol. The lowest BCUT2D eigenvalue weighted by Crippen LogP contribution is -2.07. The molecule has 0 aliphatic rings. The third-order valence-corrected chi connectivity index (χ3v) is 3.84. The number of rotatable bonds is 4. The van der Waals surface area contributed by atoms with E-state index in [4.69, 9.17) is 11.6 Å². The lowest BCUT2D eigenvalue weighted by Gasteiger charge is -1.97. The van der Waals surface area contributed by atoms with Crippen LogP contribution in [0.25, 0.3) is 0 Å². The third-order valence-electron chi connectivity index (χ3n) is 0.948. The molecule has 9 heteroatoms. The summed E-state index contributed by atoms with van der Waals surface area (Å²) in [6.45, 7) is -0.0732. The second-order valence-electron chi connectivity index (χ2n) is 1.84. The van der Waals surface area contributed by atoms with E-state index in [0.717, 1.165) is 11.3 Å². The molecule has 0 saturated heterocycles. The van der Waals surface area contributed by atoms with Crippen LogP contribution in [-0.2, 0) is 14.3 Å². The van der Waals surface area contributed by atoms with Crippen molar-refractivity contribution in [3.05, 3.63) is 3.95 Å². The molecule has 1 rings (SSSR count). The fourth-order valence-electron chi connectivity index (χ4n) is 0.515. The Kier molecular flexibility index (Phi) is 3.80. The van der Waals surface area contributed by atoms with E-state index in [1.54, 1.807) is 0 Å². The maximum Gasteiger partial charge on any atom is 0.326 e. The quantitative estimate of drug-likeness (QED) is 0.499. The summed E-state index contributed by atoms with van der Waals surface area (Å²) in [5.41, 5.74) is 0. The van der Waals surface area contributed by atoms with E-state index in [1.807, 2.05) is 0 Å². The molecule has 0 aliphatic heterocycles. The highest BCUT2D eigenvalue weighted by Gasteiger charge is 2.18. The molecule has 13 heavy (non-hydrogen) atoms. The van der Waals surface area contributed by atoms with Gasteiger partial charge in [0.25, 0.3) is 4.34 Å². The minimum absolute atomic E-state index is 0.0732. The maximum absolute atomic E-state index is 11.2. The van der Waals surface area contributed by atoms with Crippen LogP contribution in [0.15, 0.2) is 4.34 Å². The zero-order chi connectivity index (χ0) is 9.90. The molecular formula is C4H5ClN2O3S3. The van der Waals surface area contributed by atoms with Crippen LogP contribution in [0.3, 0.4) is 0 Å². The van der Waals surface area contributed by atoms with Crippen LogP contribution in [0.1, 0.15) is 0 Å². The predicted octanol–water partition coefficient (Wildman–Crippen LogP) is 1.14. The van der Waals surface area contributed by atoms with Crippen LogP contribution in [0, 0.1) is 3.95 Å². The first-order chi connectivity index (χ1) is 6.06. The van der Waals surface area contributed by atoms with Gasteiger partial charge in [0.2, 0.25) is 0 Å². The third kappa shape index (κ3) is 2.99. The number of aromatic nitrogens is 2. The average Bonchev–Trinajstić information content (AvgIpc) is 2.49. The lowest BCUT2D eigenvalue weighted by molar-refractivity contribution is 0.339. The van der Waals surface area contributed by atoms with E-state index in [-0.39, 0.29) is 20.8 Å². The van der Waals surface area contributed by atoms with Crippen LogP contribution in [0.4, 0.5) is 0 Å². The zero-order valence-electron chi connectivity index (χ0n) is 6.19. The zero-order valence-corrected chi connectivity index (χ0v) is 9.39. The molecule has 1 aromatic rings. The Labute approximate surface area is 88.8 Å². The normalized spacial score (nSPS) is 11.8. The molecule has 0 spiro atoms. The summed E-state index contributed by atoms with van der Waals surface area (Å²) < 4.78 is 27.0. The minimum atomic E-state index is -3.78. The number of nitrogens with one attached hydrogen (secondary N) is 1. The summed E-state index contributed by atoms with van der Waals surface area (Å²) >= 11 is 10.8. The number of hydrogen-bond donors (Lipinski definition) is 1. The number of nitrogens with zero attached hydrogens (tertiary/aromatic N) is 1. The first kappa shape index (κ1) is 11.1. The molecule has 0 bridgehead atoms. The van der Waals surface area contributed by atoms with Gasteiger partial charge in [0.05, 0.1) is 6.61 Å². The van der Waals surface area contributed by atoms with Gasteiger partial charge in [-0.1, -0.05) is 11.3 Å². The topological polar surface area (TPSA) is 72.1 Å². The molecule has 0 amide bonds. The van der Waals surface area contributed by atoms with Crippen LogP contribution < -0.4 is 0 Å². The van der Waals surface area contributed by atoms with E-state index < -0.39 is 10.1 Å². The van der Waals surface area contributed by atoms with Crippen molar-refractivity contribution in [2.24, 2.45) is 0 Å². The van der Waals surface area contributed by atoms with Crippen molar-refractivity contribution in [3.63, 3.8) is 0 Å². The lowest BCUT2D eigenvalue weighted by atomic mass is 10.9. The highest BCUT2D eigenvalue weighted by Crippen LogP contribution is 2.14. The summed E-state index contributed by atoms with van der Waals surface area (Å²) in [4.78, 5) is 0. The Morgan fingerprint density at radius 2 is 2.38 bits per heavy atom. The smallest absolute Gasteiger partial charge is 0.263 e. The van der Waals surface area contributed by atoms with Crippen molar-refractivity contribution >= 4 is 45.3 Å². The van der Waals surface area contributed by atoms with Gasteiger partial charge >= 0.3 is 10.1 Å². The van der Waals surface area contributed by atoms with Gasteiger partial charge in [-0.15, -0.1) is 16.7 Å². The molecule has 0 radical (unpaired) electrons. The summed E-state index contributed by atoms with van der Waals surface area (Å²) in [5.74, 6) is 0.106. The summed E-state index contributed by atoms with van der Waals surface area (Å²) in [5, 5.41) is 5.82. The summed E-state index contributed by atoms with van der Waals surface area (Å²) in [7, 11) is -3.78. The summed E-state index contributed by atoms with van der Waals surface area (Å²) in [6, 6.07) is 0. The standard InChI is InChI=1S/C4H5ClN2O3S3/c5-1-2-10-13(8,9)4-7-6-3(11)12-4/h1-2H2,(H,6,11). The van der Waals surface area contributed by atoms with Crippen LogP contribution in [-0.4, -0.2) is 31.1 Å². The maximum atomic E-state index is 11.2. The van der Waals surface area contributed by atoms with Gasteiger partial charge in [0.15, 0.2) is 3.95 Å². The largest absolute Gasteiger partial charge is 0.326 e. The minimum Gasteiger partial charge on any atom is -0.263 e. The van der Waals surface area contributed by atoms with Crippen molar-refractivity contribution in [1.82, 2.24) is 10.2 Å². The Bertz CT molecular complexity index is 422. The highest BCUT2D eigenvalue weighted by atomic mass is 35.5. The molecule has 1 N–H and O–H groups in total. The van der Waals surface area contributed by atoms with Crippen LogP contribution >= 0.6 is 35.2 Å². The van der Waals surface area contributed by atoms with Gasteiger partial charge < -0.3 is 0 Å². The van der Waals surface area contributed by atoms with Crippen LogP contribution in [0.2, 0.25) is 0 Å². The number of alkyl halides is 1. The van der Waals surface area contributed by atoms with E-state index in [2.05, 4.69) is 26.6 Å². The monoisotopic (exact) mass is 260 g/mol. The molecule has 0 unspecified atom stereocenters. The Morgan fingerprint density at radius 1 is 1.69 bits per heavy atom. The number of aromatic amines is 1. The Hall–Kier alpha value is -0.0200. The molecule has 0 aromatic carbocycles. The van der Waals surface area contributed by atoms with E-state index in [9.17, 15) is 8.42 Å². The van der Waals surface area contributed by atoms with Gasteiger partial charge in [0.1, 0.15) is 0 Å². The number of hydrogen-bond acceptors (Lipinski definition) is 6. The van der Waals surface area contributed by atoms with Crippen molar-refractivity contribution in [3.8, 4) is 0 Å². The molecule has 0 fully saturated rings. The first-order valence-corrected chi connectivity index (χ1v) is 6.24. The number of halogens is 1. The van der Waals surface area contributed by atoms with Crippen molar-refractivity contribution in [2.45, 2.75) is 4.34 Å². The molecule has 0 atom stereocenters. The summed E-state index contributed by atoms with van der Waals surface area (Å²) in [6.07, 6.45) is 0. The predicted molar refractivity (Wildman–Crippen MR) is 51.2 cm³/mol. The second kappa shape index (κ2) is 4.47. The molecular weight excluding hydrogens is 256 g/mol. The fourth-order valence-corrected chi connectivity index (χ4v) is 2.83. The van der Waals surface area contributed by atoms with Gasteiger partial charge in [-0.05, 0) is 12.2 Å². The van der Waals surface area contributed by atoms with Gasteiger partial charge in [-0.25, -0.2) is 0 Å². The van der Waals surface area contributed by atoms with Crippen molar-refractivity contribution in [1.29, 1.82) is 0 Å². The van der Waals surface area contributed by atoms with Crippen LogP contribution in [0.5, 0.6) is 0 Å². The molecule has 74 valence electrons. The Morgan fingerprint density at radius 3 is 2.85 bits per heavy atom. The van der Waals surface area contributed by atoms with Gasteiger partial charge in [-0.3, -0.25) is 9.28 Å². The van der Waals surface area contributed by atoms with E-state index in [0.29, 0.717) is 0 Å². The molecule has 0 saturated carbocycles. The van der Waals surface area contributed by atoms with Gasteiger partial charge in [-0.2, -0.15) is 8.42 Å². The first-order valence-electron chi connectivity index (χ1n) is 3.07.